The molecule has 0 unspecified atom stereocenters. The van der Waals surface area contributed by atoms with Crippen LogP contribution in [0.15, 0.2) is 47.4 Å². The highest BCUT2D eigenvalue weighted by Gasteiger charge is 2.25. The topological polar surface area (TPSA) is 113 Å². The Morgan fingerprint density at radius 1 is 1.17 bits per heavy atom. The second-order valence-electron chi connectivity index (χ2n) is 4.73. The zero-order valence-electron chi connectivity index (χ0n) is 12.8. The van der Waals surface area contributed by atoms with Gasteiger partial charge in [0.1, 0.15) is 10.5 Å². The van der Waals surface area contributed by atoms with Gasteiger partial charge in [0.05, 0.1) is 12.0 Å². The molecule has 2 rings (SSSR count). The number of hydrogen-bond acceptors (Lipinski definition) is 7. The molecule has 0 spiro atoms. The van der Waals surface area contributed by atoms with Crippen molar-refractivity contribution in [2.75, 3.05) is 7.11 Å². The van der Waals surface area contributed by atoms with Crippen LogP contribution in [-0.2, 0) is 14.9 Å². The molecular weight excluding hydrogens is 338 g/mol. The molecular formula is C15H13NO7S. The summed E-state index contributed by atoms with van der Waals surface area (Å²) in [6.45, 7) is 1.48. The van der Waals surface area contributed by atoms with Gasteiger partial charge in [-0.25, -0.2) is 4.79 Å². The van der Waals surface area contributed by atoms with Gasteiger partial charge in [-0.1, -0.05) is 18.2 Å². The van der Waals surface area contributed by atoms with Crippen molar-refractivity contribution in [1.82, 2.24) is 0 Å². The van der Waals surface area contributed by atoms with Crippen LogP contribution < -0.4 is 4.18 Å². The Bertz CT molecular complexity index is 906. The number of non-ortho nitro benzene ring substituents is 1. The van der Waals surface area contributed by atoms with Crippen molar-refractivity contribution in [3.63, 3.8) is 0 Å². The van der Waals surface area contributed by atoms with E-state index in [0.717, 1.165) is 13.2 Å². The van der Waals surface area contributed by atoms with Gasteiger partial charge >= 0.3 is 16.1 Å². The summed E-state index contributed by atoms with van der Waals surface area (Å²) in [4.78, 5) is 21.5. The SMILES string of the molecule is COC(=O)c1ccccc1OS(=O)(=O)c1cc([N+](=O)[O-])ccc1C. The van der Waals surface area contributed by atoms with Gasteiger partial charge in [-0.3, -0.25) is 10.1 Å². The highest BCUT2D eigenvalue weighted by Crippen LogP contribution is 2.27. The molecule has 0 amide bonds. The molecule has 8 nitrogen and oxygen atoms in total. The van der Waals surface area contributed by atoms with E-state index in [1.54, 1.807) is 0 Å². The number of nitro benzene ring substituents is 1. The fourth-order valence-electron chi connectivity index (χ4n) is 1.95. The quantitative estimate of drug-likeness (QED) is 0.352. The largest absolute Gasteiger partial charge is 0.465 e. The predicted molar refractivity (Wildman–Crippen MR) is 83.4 cm³/mol. The van der Waals surface area contributed by atoms with E-state index in [4.69, 9.17) is 4.18 Å². The number of methoxy groups -OCH3 is 1. The Kier molecular flexibility index (Phi) is 4.84. The summed E-state index contributed by atoms with van der Waals surface area (Å²) >= 11 is 0. The van der Waals surface area contributed by atoms with E-state index in [1.165, 1.54) is 43.3 Å². The number of nitro groups is 1. The van der Waals surface area contributed by atoms with Crippen molar-refractivity contribution >= 4 is 21.8 Å². The second kappa shape index (κ2) is 6.67. The first kappa shape index (κ1) is 17.4. The fraction of sp³-hybridized carbons (Fsp3) is 0.133. The van der Waals surface area contributed by atoms with Crippen molar-refractivity contribution in [1.29, 1.82) is 0 Å². The first-order valence-electron chi connectivity index (χ1n) is 6.63. The fourth-order valence-corrected chi connectivity index (χ4v) is 3.15. The number of carbonyl (C=O) groups is 1. The number of aryl methyl sites for hydroxylation is 1. The molecule has 0 saturated carbocycles. The highest BCUT2D eigenvalue weighted by molar-refractivity contribution is 7.87. The molecule has 2 aromatic rings. The van der Waals surface area contributed by atoms with Gasteiger partial charge in [0.2, 0.25) is 0 Å². The van der Waals surface area contributed by atoms with Gasteiger partial charge in [-0.2, -0.15) is 8.42 Å². The number of rotatable bonds is 5. The average Bonchev–Trinajstić information content (AvgIpc) is 2.54. The third-order valence-corrected chi connectivity index (χ3v) is 4.52. The minimum atomic E-state index is -4.38. The van der Waals surface area contributed by atoms with Crippen molar-refractivity contribution < 1.29 is 27.1 Å². The van der Waals surface area contributed by atoms with E-state index in [2.05, 4.69) is 4.74 Å². The normalized spacial score (nSPS) is 10.9. The lowest BCUT2D eigenvalue weighted by atomic mass is 10.2. The Morgan fingerprint density at radius 2 is 1.83 bits per heavy atom. The van der Waals surface area contributed by atoms with E-state index in [9.17, 15) is 23.3 Å². The lowest BCUT2D eigenvalue weighted by molar-refractivity contribution is -0.385. The summed E-state index contributed by atoms with van der Waals surface area (Å²) in [5.41, 5.74) is -0.188. The molecule has 9 heteroatoms. The average molecular weight is 351 g/mol. The zero-order chi connectivity index (χ0) is 17.9. The van der Waals surface area contributed by atoms with Gasteiger partial charge in [-0.05, 0) is 24.6 Å². The molecule has 0 radical (unpaired) electrons. The lowest BCUT2D eigenvalue weighted by Gasteiger charge is -2.11. The molecule has 2 aromatic carbocycles. The van der Waals surface area contributed by atoms with Crippen molar-refractivity contribution in [3.05, 3.63) is 63.7 Å². The summed E-state index contributed by atoms with van der Waals surface area (Å²) in [7, 11) is -3.23. The van der Waals surface area contributed by atoms with Gasteiger partial charge in [0, 0.05) is 12.1 Å². The Morgan fingerprint density at radius 3 is 2.46 bits per heavy atom. The van der Waals surface area contributed by atoms with Crippen LogP contribution in [0.25, 0.3) is 0 Å². The molecule has 126 valence electrons. The van der Waals surface area contributed by atoms with Crippen molar-refractivity contribution in [3.8, 4) is 5.75 Å². The third-order valence-electron chi connectivity index (χ3n) is 3.14. The van der Waals surface area contributed by atoms with Crippen LogP contribution in [0.1, 0.15) is 15.9 Å². The van der Waals surface area contributed by atoms with Crippen LogP contribution in [0.5, 0.6) is 5.75 Å². The highest BCUT2D eigenvalue weighted by atomic mass is 32.2. The Labute approximate surface area is 137 Å². The summed E-state index contributed by atoms with van der Waals surface area (Å²) < 4.78 is 34.5. The summed E-state index contributed by atoms with van der Waals surface area (Å²) in [5.74, 6) is -0.994. The molecule has 24 heavy (non-hydrogen) atoms. The molecule has 0 saturated heterocycles. The summed E-state index contributed by atoms with van der Waals surface area (Å²) in [5, 5.41) is 10.8. The second-order valence-corrected chi connectivity index (χ2v) is 6.25. The van der Waals surface area contributed by atoms with E-state index < -0.39 is 21.0 Å². The number of nitrogens with zero attached hydrogens (tertiary/aromatic N) is 1. The smallest absolute Gasteiger partial charge is 0.341 e. The molecule has 0 atom stereocenters. The number of esters is 1. The minimum absolute atomic E-state index is 0.0772. The Hall–Kier alpha value is -2.94. The van der Waals surface area contributed by atoms with E-state index >= 15 is 0 Å². The maximum atomic E-state index is 12.5. The first-order chi connectivity index (χ1) is 11.3. The van der Waals surface area contributed by atoms with Crippen LogP contribution in [-0.4, -0.2) is 26.4 Å². The van der Waals surface area contributed by atoms with Crippen LogP contribution in [0.2, 0.25) is 0 Å². The number of hydrogen-bond donors (Lipinski definition) is 0. The zero-order valence-corrected chi connectivity index (χ0v) is 13.6. The molecule has 0 aliphatic carbocycles. The number of benzene rings is 2. The molecule has 0 N–H and O–H groups in total. The number of ether oxygens (including phenoxy) is 1. The molecule has 0 aliphatic rings. The lowest BCUT2D eigenvalue weighted by Crippen LogP contribution is -2.14. The van der Waals surface area contributed by atoms with Gasteiger partial charge in [-0.15, -0.1) is 0 Å². The van der Waals surface area contributed by atoms with Crippen LogP contribution in [0, 0.1) is 17.0 Å². The van der Waals surface area contributed by atoms with Crippen molar-refractivity contribution in [2.45, 2.75) is 11.8 Å². The van der Waals surface area contributed by atoms with Crippen LogP contribution >= 0.6 is 0 Å². The summed E-state index contributed by atoms with van der Waals surface area (Å²) in [6.07, 6.45) is 0. The molecule has 0 heterocycles. The standard InChI is InChI=1S/C15H13NO7S/c1-10-7-8-11(16(18)19)9-14(10)24(20,21)23-13-6-4-3-5-12(13)15(17)22-2/h3-9H,1-2H3. The maximum Gasteiger partial charge on any atom is 0.341 e. The molecule has 0 aliphatic heterocycles. The van der Waals surface area contributed by atoms with E-state index in [-0.39, 0.29) is 27.5 Å². The monoisotopic (exact) mass is 351 g/mol. The summed E-state index contributed by atoms with van der Waals surface area (Å²) in [6, 6.07) is 9.04. The predicted octanol–water partition coefficient (Wildman–Crippen LogP) is 2.46. The first-order valence-corrected chi connectivity index (χ1v) is 8.04. The Balaban J connectivity index is 2.49. The molecule has 0 bridgehead atoms. The molecule has 0 aromatic heterocycles. The minimum Gasteiger partial charge on any atom is -0.465 e. The number of carbonyl (C=O) groups excluding carboxylic acids is 1. The van der Waals surface area contributed by atoms with E-state index in [0.29, 0.717) is 0 Å². The van der Waals surface area contributed by atoms with Crippen molar-refractivity contribution in [2.24, 2.45) is 0 Å². The van der Waals surface area contributed by atoms with Crippen LogP contribution in [0.3, 0.4) is 0 Å². The van der Waals surface area contributed by atoms with Gasteiger partial charge in [0.25, 0.3) is 5.69 Å². The third kappa shape index (κ3) is 3.51. The number of para-hydroxylation sites is 1. The van der Waals surface area contributed by atoms with Gasteiger partial charge in [0.15, 0.2) is 5.75 Å². The van der Waals surface area contributed by atoms with Crippen LogP contribution in [0.4, 0.5) is 5.69 Å². The maximum absolute atomic E-state index is 12.5. The van der Waals surface area contributed by atoms with Gasteiger partial charge < -0.3 is 8.92 Å². The van der Waals surface area contributed by atoms with E-state index in [1.807, 2.05) is 0 Å². The molecule has 0 fully saturated rings.